The quantitative estimate of drug-likeness (QED) is 0.272. The Kier molecular flexibility index (Phi) is 5.81. The fraction of sp³-hybridized carbons (Fsp3) is 0.0556. The number of furan rings is 1. The summed E-state index contributed by atoms with van der Waals surface area (Å²) in [5.41, 5.74) is 0.807. The SMILES string of the molecule is O=[N+]([O-])c1cc(C(F)(F)F)ccc1N/N=C/c1ccc(-c2cccc(Cl)c2Cl)o1. The van der Waals surface area contributed by atoms with Crippen molar-refractivity contribution in [3.05, 3.63) is 80.0 Å². The van der Waals surface area contributed by atoms with Crippen molar-refractivity contribution in [2.24, 2.45) is 5.10 Å². The van der Waals surface area contributed by atoms with Crippen molar-refractivity contribution in [3.63, 3.8) is 0 Å². The Morgan fingerprint density at radius 2 is 1.90 bits per heavy atom. The summed E-state index contributed by atoms with van der Waals surface area (Å²) in [6.07, 6.45) is -3.48. The number of benzene rings is 2. The maximum atomic E-state index is 12.7. The van der Waals surface area contributed by atoms with Crippen LogP contribution >= 0.6 is 23.2 Å². The zero-order chi connectivity index (χ0) is 21.2. The fourth-order valence-electron chi connectivity index (χ4n) is 2.38. The summed E-state index contributed by atoms with van der Waals surface area (Å²) in [5.74, 6) is 0.692. The van der Waals surface area contributed by atoms with Crippen LogP contribution in [0.4, 0.5) is 24.5 Å². The van der Waals surface area contributed by atoms with Gasteiger partial charge in [0.2, 0.25) is 0 Å². The summed E-state index contributed by atoms with van der Waals surface area (Å²) >= 11 is 12.1. The van der Waals surface area contributed by atoms with E-state index in [-0.39, 0.29) is 11.4 Å². The first-order valence-electron chi connectivity index (χ1n) is 7.86. The number of hydrogen-bond acceptors (Lipinski definition) is 5. The molecule has 11 heteroatoms. The van der Waals surface area contributed by atoms with Crippen molar-refractivity contribution >= 4 is 40.8 Å². The number of halogens is 5. The predicted octanol–water partition coefficient (Wildman–Crippen LogP) is 6.63. The third kappa shape index (κ3) is 4.69. The van der Waals surface area contributed by atoms with Gasteiger partial charge in [-0.2, -0.15) is 18.3 Å². The van der Waals surface area contributed by atoms with Gasteiger partial charge >= 0.3 is 6.18 Å². The highest BCUT2D eigenvalue weighted by Gasteiger charge is 2.33. The maximum absolute atomic E-state index is 12.7. The summed E-state index contributed by atoms with van der Waals surface area (Å²) in [4.78, 5) is 10.1. The molecule has 6 nitrogen and oxygen atoms in total. The number of alkyl halides is 3. The molecule has 150 valence electrons. The van der Waals surface area contributed by atoms with Gasteiger partial charge in [-0.15, -0.1) is 0 Å². The van der Waals surface area contributed by atoms with Crippen LogP contribution in [0.1, 0.15) is 11.3 Å². The van der Waals surface area contributed by atoms with Crippen LogP contribution < -0.4 is 5.43 Å². The van der Waals surface area contributed by atoms with E-state index in [1.807, 2.05) is 0 Å². The molecule has 3 aromatic rings. The number of hydrogen-bond donors (Lipinski definition) is 1. The lowest BCUT2D eigenvalue weighted by atomic mass is 10.1. The average molecular weight is 444 g/mol. The number of nitro benzene ring substituents is 1. The number of rotatable bonds is 5. The van der Waals surface area contributed by atoms with Crippen LogP contribution in [0.5, 0.6) is 0 Å². The summed E-state index contributed by atoms with van der Waals surface area (Å²) in [7, 11) is 0. The summed E-state index contributed by atoms with van der Waals surface area (Å²) < 4.78 is 43.8. The molecule has 2 aromatic carbocycles. The van der Waals surface area contributed by atoms with Gasteiger partial charge in [-0.25, -0.2) is 0 Å². The van der Waals surface area contributed by atoms with E-state index in [2.05, 4.69) is 10.5 Å². The van der Waals surface area contributed by atoms with Crippen molar-refractivity contribution in [3.8, 4) is 11.3 Å². The van der Waals surface area contributed by atoms with Gasteiger partial charge in [-0.05, 0) is 36.4 Å². The van der Waals surface area contributed by atoms with Gasteiger partial charge in [0.25, 0.3) is 5.69 Å². The Morgan fingerprint density at radius 1 is 1.14 bits per heavy atom. The molecule has 0 aliphatic carbocycles. The third-order valence-electron chi connectivity index (χ3n) is 3.74. The van der Waals surface area contributed by atoms with E-state index < -0.39 is 22.4 Å². The molecule has 0 bridgehead atoms. The monoisotopic (exact) mass is 443 g/mol. The minimum Gasteiger partial charge on any atom is -0.455 e. The van der Waals surface area contributed by atoms with Crippen molar-refractivity contribution in [1.29, 1.82) is 0 Å². The van der Waals surface area contributed by atoms with E-state index in [1.165, 1.54) is 6.21 Å². The van der Waals surface area contributed by atoms with E-state index >= 15 is 0 Å². The summed E-state index contributed by atoms with van der Waals surface area (Å²) in [6, 6.07) is 10.3. The first-order valence-corrected chi connectivity index (χ1v) is 8.61. The normalized spacial score (nSPS) is 11.8. The predicted molar refractivity (Wildman–Crippen MR) is 103 cm³/mol. The third-order valence-corrected chi connectivity index (χ3v) is 4.56. The number of anilines is 1. The average Bonchev–Trinajstić information content (AvgIpc) is 3.12. The maximum Gasteiger partial charge on any atom is 0.416 e. The Hall–Kier alpha value is -3.04. The second kappa shape index (κ2) is 8.14. The minimum atomic E-state index is -4.70. The number of nitro groups is 1. The number of nitrogens with one attached hydrogen (secondary N) is 1. The van der Waals surface area contributed by atoms with Gasteiger partial charge in [0.1, 0.15) is 17.2 Å². The van der Waals surface area contributed by atoms with E-state index in [0.29, 0.717) is 27.4 Å². The highest BCUT2D eigenvalue weighted by molar-refractivity contribution is 6.43. The molecule has 0 amide bonds. The molecule has 1 heterocycles. The summed E-state index contributed by atoms with van der Waals surface area (Å²) in [5, 5.41) is 15.5. The number of nitrogens with zero attached hydrogens (tertiary/aromatic N) is 2. The van der Waals surface area contributed by atoms with Crippen molar-refractivity contribution in [2.45, 2.75) is 6.18 Å². The Bertz CT molecular complexity index is 1100. The molecule has 0 unspecified atom stereocenters. The molecule has 0 aliphatic heterocycles. The molecule has 29 heavy (non-hydrogen) atoms. The van der Waals surface area contributed by atoms with Gasteiger partial charge in [0, 0.05) is 11.6 Å². The van der Waals surface area contributed by atoms with Gasteiger partial charge in [-0.1, -0.05) is 29.3 Å². The molecule has 0 saturated carbocycles. The van der Waals surface area contributed by atoms with E-state index in [1.54, 1.807) is 30.3 Å². The molecule has 0 fully saturated rings. The topological polar surface area (TPSA) is 80.7 Å². The van der Waals surface area contributed by atoms with Crippen molar-refractivity contribution in [2.75, 3.05) is 5.43 Å². The smallest absolute Gasteiger partial charge is 0.416 e. The van der Waals surface area contributed by atoms with Gasteiger partial charge in [-0.3, -0.25) is 15.5 Å². The van der Waals surface area contributed by atoms with Crippen LogP contribution in [0.2, 0.25) is 10.0 Å². The molecule has 0 atom stereocenters. The van der Waals surface area contributed by atoms with Crippen LogP contribution in [0.25, 0.3) is 11.3 Å². The zero-order valence-corrected chi connectivity index (χ0v) is 15.7. The highest BCUT2D eigenvalue weighted by atomic mass is 35.5. The first kappa shape index (κ1) is 20.7. The second-order valence-corrected chi connectivity index (χ2v) is 6.45. The molecule has 3 rings (SSSR count). The molecule has 0 radical (unpaired) electrons. The lowest BCUT2D eigenvalue weighted by Crippen LogP contribution is -2.06. The second-order valence-electron chi connectivity index (χ2n) is 5.66. The van der Waals surface area contributed by atoms with Crippen LogP contribution in [-0.4, -0.2) is 11.1 Å². The van der Waals surface area contributed by atoms with Gasteiger partial charge in [0.05, 0.1) is 26.7 Å². The van der Waals surface area contributed by atoms with Crippen LogP contribution in [-0.2, 0) is 6.18 Å². The Labute approximate surface area is 171 Å². The lowest BCUT2D eigenvalue weighted by Gasteiger charge is -2.08. The van der Waals surface area contributed by atoms with Crippen LogP contribution in [0, 0.1) is 10.1 Å². The minimum absolute atomic E-state index is 0.205. The Morgan fingerprint density at radius 3 is 2.59 bits per heavy atom. The summed E-state index contributed by atoms with van der Waals surface area (Å²) in [6.45, 7) is 0. The lowest BCUT2D eigenvalue weighted by molar-refractivity contribution is -0.384. The molecular formula is C18H10Cl2F3N3O3. The number of hydrazone groups is 1. The largest absolute Gasteiger partial charge is 0.455 e. The standard InChI is InChI=1S/C18H10Cl2F3N3O3/c19-13-3-1-2-12(17(13)20)16-7-5-11(29-16)9-24-25-14-6-4-10(18(21,22)23)8-15(14)26(27)28/h1-9,25H/b24-9+. The van der Waals surface area contributed by atoms with Gasteiger partial charge < -0.3 is 4.42 Å². The van der Waals surface area contributed by atoms with Gasteiger partial charge in [0.15, 0.2) is 0 Å². The van der Waals surface area contributed by atoms with Crippen LogP contribution in [0.3, 0.4) is 0 Å². The molecule has 0 saturated heterocycles. The highest BCUT2D eigenvalue weighted by Crippen LogP contribution is 2.35. The van der Waals surface area contributed by atoms with E-state index in [9.17, 15) is 23.3 Å². The molecule has 1 N–H and O–H groups in total. The molecule has 0 aliphatic rings. The van der Waals surface area contributed by atoms with E-state index in [4.69, 9.17) is 27.6 Å². The first-order chi connectivity index (χ1) is 13.7. The molecular weight excluding hydrogens is 434 g/mol. The van der Waals surface area contributed by atoms with Crippen LogP contribution in [0.15, 0.2) is 58.0 Å². The van der Waals surface area contributed by atoms with E-state index in [0.717, 1.165) is 12.1 Å². The molecule has 0 spiro atoms. The molecule has 1 aromatic heterocycles. The zero-order valence-electron chi connectivity index (χ0n) is 14.2. The van der Waals surface area contributed by atoms with Crippen molar-refractivity contribution in [1.82, 2.24) is 0 Å². The Balaban J connectivity index is 1.79. The van der Waals surface area contributed by atoms with Crippen molar-refractivity contribution < 1.29 is 22.5 Å². The fourth-order valence-corrected chi connectivity index (χ4v) is 2.77.